The first kappa shape index (κ1) is 22.9. The molecule has 9 heteroatoms. The van der Waals surface area contributed by atoms with Crippen molar-refractivity contribution in [1.29, 1.82) is 0 Å². The minimum Gasteiger partial charge on any atom is -0.454 e. The molecule has 2 saturated heterocycles. The lowest BCUT2D eigenvalue weighted by molar-refractivity contribution is -0.136. The van der Waals surface area contributed by atoms with Gasteiger partial charge in [0.05, 0.1) is 26.3 Å². The molecule has 182 valence electrons. The Bertz CT molecular complexity index is 1070. The summed E-state index contributed by atoms with van der Waals surface area (Å²) in [5.41, 5.74) is 3.64. The number of hydrogen-bond donors (Lipinski definition) is 0. The fourth-order valence-electron chi connectivity index (χ4n) is 4.96. The van der Waals surface area contributed by atoms with Crippen LogP contribution in [0.25, 0.3) is 5.69 Å². The molecule has 3 aliphatic heterocycles. The lowest BCUT2D eigenvalue weighted by Gasteiger charge is -2.35. The molecule has 9 nitrogen and oxygen atoms in total. The summed E-state index contributed by atoms with van der Waals surface area (Å²) in [6, 6.07) is 7.81. The summed E-state index contributed by atoms with van der Waals surface area (Å²) in [5.74, 6) is 1.76. The SMILES string of the molecule is Cc1cc(C(=O)CN2CCN(CC(=O)N3CCOCC3)CC2)c(C)n1-c1ccc2c(c1)OCO2. The topological polar surface area (TPSA) is 76.5 Å². The first-order chi connectivity index (χ1) is 16.5. The van der Waals surface area contributed by atoms with Crippen LogP contribution in [-0.4, -0.2) is 103 Å². The first-order valence-corrected chi connectivity index (χ1v) is 11.9. The Labute approximate surface area is 199 Å². The van der Waals surface area contributed by atoms with Crippen molar-refractivity contribution in [2.75, 3.05) is 72.4 Å². The summed E-state index contributed by atoms with van der Waals surface area (Å²) in [5, 5.41) is 0. The zero-order valence-electron chi connectivity index (χ0n) is 19.9. The van der Waals surface area contributed by atoms with E-state index in [4.69, 9.17) is 14.2 Å². The van der Waals surface area contributed by atoms with Gasteiger partial charge in [-0.15, -0.1) is 0 Å². The fourth-order valence-corrected chi connectivity index (χ4v) is 4.96. The van der Waals surface area contributed by atoms with Gasteiger partial charge < -0.3 is 23.7 Å². The molecule has 3 aliphatic rings. The smallest absolute Gasteiger partial charge is 0.236 e. The number of fused-ring (bicyclic) bond motifs is 1. The number of carbonyl (C=O) groups excluding carboxylic acids is 2. The Hall–Kier alpha value is -2.88. The highest BCUT2D eigenvalue weighted by Crippen LogP contribution is 2.35. The van der Waals surface area contributed by atoms with E-state index < -0.39 is 0 Å². The van der Waals surface area contributed by atoms with E-state index in [9.17, 15) is 9.59 Å². The predicted octanol–water partition coefficient (Wildman–Crippen LogP) is 1.48. The van der Waals surface area contributed by atoms with Crippen LogP contribution in [-0.2, 0) is 9.53 Å². The average Bonchev–Trinajstić information content (AvgIpc) is 3.44. The van der Waals surface area contributed by atoms with Crippen molar-refractivity contribution >= 4 is 11.7 Å². The maximum absolute atomic E-state index is 13.2. The number of aromatic nitrogens is 1. The van der Waals surface area contributed by atoms with Crippen molar-refractivity contribution in [2.24, 2.45) is 0 Å². The molecule has 0 saturated carbocycles. The molecule has 0 bridgehead atoms. The molecule has 0 atom stereocenters. The average molecular weight is 469 g/mol. The van der Waals surface area contributed by atoms with Crippen LogP contribution in [0, 0.1) is 13.8 Å². The van der Waals surface area contributed by atoms with E-state index in [1.807, 2.05) is 43.0 Å². The number of carbonyl (C=O) groups is 2. The van der Waals surface area contributed by atoms with Crippen molar-refractivity contribution in [2.45, 2.75) is 13.8 Å². The van der Waals surface area contributed by atoms with Crippen LogP contribution in [0.1, 0.15) is 21.7 Å². The molecule has 0 N–H and O–H groups in total. The summed E-state index contributed by atoms with van der Waals surface area (Å²) in [7, 11) is 0. The molecular weight excluding hydrogens is 436 g/mol. The lowest BCUT2D eigenvalue weighted by Crippen LogP contribution is -2.52. The van der Waals surface area contributed by atoms with E-state index in [1.165, 1.54) is 0 Å². The van der Waals surface area contributed by atoms with Gasteiger partial charge in [0.15, 0.2) is 17.3 Å². The number of morpholine rings is 1. The second-order valence-corrected chi connectivity index (χ2v) is 9.13. The van der Waals surface area contributed by atoms with Crippen molar-refractivity contribution in [3.8, 4) is 17.2 Å². The molecule has 1 aromatic carbocycles. The second-order valence-electron chi connectivity index (χ2n) is 9.13. The van der Waals surface area contributed by atoms with Crippen molar-refractivity contribution in [3.63, 3.8) is 0 Å². The Morgan fingerprint density at radius 1 is 0.853 bits per heavy atom. The molecule has 5 rings (SSSR count). The lowest BCUT2D eigenvalue weighted by atomic mass is 10.1. The van der Waals surface area contributed by atoms with Gasteiger partial charge in [0.1, 0.15) is 0 Å². The Balaban J connectivity index is 1.18. The number of ketones is 1. The van der Waals surface area contributed by atoms with E-state index in [1.54, 1.807) is 0 Å². The Kier molecular flexibility index (Phi) is 6.58. The Morgan fingerprint density at radius 3 is 2.26 bits per heavy atom. The second kappa shape index (κ2) is 9.77. The van der Waals surface area contributed by atoms with Gasteiger partial charge in [0, 0.05) is 68.0 Å². The monoisotopic (exact) mass is 468 g/mol. The third kappa shape index (κ3) is 4.68. The van der Waals surface area contributed by atoms with Gasteiger partial charge in [-0.05, 0) is 32.0 Å². The number of hydrogen-bond acceptors (Lipinski definition) is 7. The van der Waals surface area contributed by atoms with Gasteiger partial charge in [-0.1, -0.05) is 0 Å². The molecular formula is C25H32N4O5. The predicted molar refractivity (Wildman–Crippen MR) is 126 cm³/mol. The molecule has 0 radical (unpaired) electrons. The summed E-state index contributed by atoms with van der Waals surface area (Å²) in [6.45, 7) is 10.8. The number of piperazine rings is 1. The number of aryl methyl sites for hydroxylation is 1. The molecule has 2 fully saturated rings. The number of benzene rings is 1. The molecule has 1 amide bonds. The first-order valence-electron chi connectivity index (χ1n) is 11.9. The highest BCUT2D eigenvalue weighted by Gasteiger charge is 2.25. The number of ether oxygens (including phenoxy) is 3. The molecule has 4 heterocycles. The van der Waals surface area contributed by atoms with Crippen molar-refractivity contribution < 1.29 is 23.8 Å². The Morgan fingerprint density at radius 2 is 1.53 bits per heavy atom. The third-order valence-electron chi connectivity index (χ3n) is 6.90. The zero-order valence-corrected chi connectivity index (χ0v) is 19.9. The van der Waals surface area contributed by atoms with Crippen molar-refractivity contribution in [1.82, 2.24) is 19.3 Å². The summed E-state index contributed by atoms with van der Waals surface area (Å²) >= 11 is 0. The van der Waals surface area contributed by atoms with Crippen LogP contribution < -0.4 is 9.47 Å². The van der Waals surface area contributed by atoms with Gasteiger partial charge >= 0.3 is 0 Å². The fraction of sp³-hybridized carbons (Fsp3) is 0.520. The molecule has 1 aromatic heterocycles. The standard InChI is InChI=1S/C25H32N4O5/c1-18-13-21(19(2)29(18)20-3-4-23-24(14-20)34-17-33-23)22(30)15-26-5-7-27(8-6-26)16-25(31)28-9-11-32-12-10-28/h3-4,13-14H,5-12,15-17H2,1-2H3. The van der Waals surface area contributed by atoms with Crippen LogP contribution in [0.4, 0.5) is 0 Å². The minimum atomic E-state index is 0.123. The quantitative estimate of drug-likeness (QED) is 0.595. The van der Waals surface area contributed by atoms with E-state index >= 15 is 0 Å². The molecule has 2 aromatic rings. The maximum atomic E-state index is 13.2. The van der Waals surface area contributed by atoms with Crippen LogP contribution in [0.2, 0.25) is 0 Å². The number of Topliss-reactive ketones (excluding diaryl/α,β-unsaturated/α-hetero) is 1. The highest BCUT2D eigenvalue weighted by atomic mass is 16.7. The number of amides is 1. The molecule has 0 aliphatic carbocycles. The normalized spacial score (nSPS) is 18.9. The molecule has 34 heavy (non-hydrogen) atoms. The zero-order chi connectivity index (χ0) is 23.7. The van der Waals surface area contributed by atoms with E-state index in [0.29, 0.717) is 39.4 Å². The molecule has 0 spiro atoms. The van der Waals surface area contributed by atoms with Gasteiger partial charge in [-0.2, -0.15) is 0 Å². The van der Waals surface area contributed by atoms with Crippen LogP contribution in [0.3, 0.4) is 0 Å². The third-order valence-corrected chi connectivity index (χ3v) is 6.90. The van der Waals surface area contributed by atoms with Crippen LogP contribution in [0.15, 0.2) is 24.3 Å². The van der Waals surface area contributed by atoms with Crippen LogP contribution >= 0.6 is 0 Å². The van der Waals surface area contributed by atoms with Gasteiger partial charge in [-0.25, -0.2) is 0 Å². The van der Waals surface area contributed by atoms with Gasteiger partial charge in [0.2, 0.25) is 12.7 Å². The number of rotatable bonds is 6. The minimum absolute atomic E-state index is 0.123. The maximum Gasteiger partial charge on any atom is 0.236 e. The summed E-state index contributed by atoms with van der Waals surface area (Å²) < 4.78 is 18.4. The van der Waals surface area contributed by atoms with Gasteiger partial charge in [0.25, 0.3) is 0 Å². The van der Waals surface area contributed by atoms with E-state index in [-0.39, 0.29) is 18.5 Å². The largest absolute Gasteiger partial charge is 0.454 e. The van der Waals surface area contributed by atoms with Crippen molar-refractivity contribution in [3.05, 3.63) is 41.2 Å². The highest BCUT2D eigenvalue weighted by molar-refractivity contribution is 5.99. The number of nitrogens with zero attached hydrogens (tertiary/aromatic N) is 4. The van der Waals surface area contributed by atoms with Crippen LogP contribution in [0.5, 0.6) is 11.5 Å². The summed E-state index contributed by atoms with van der Waals surface area (Å²) in [6.07, 6.45) is 0. The van der Waals surface area contributed by atoms with E-state index in [0.717, 1.165) is 60.3 Å². The van der Waals surface area contributed by atoms with Gasteiger partial charge in [-0.3, -0.25) is 19.4 Å². The molecule has 0 unspecified atom stereocenters. The van der Waals surface area contributed by atoms with E-state index in [2.05, 4.69) is 14.4 Å². The summed E-state index contributed by atoms with van der Waals surface area (Å²) in [4.78, 5) is 32.0.